The molecule has 0 unspecified atom stereocenters. The molecule has 2 heterocycles. The summed E-state index contributed by atoms with van der Waals surface area (Å²) < 4.78 is 33.1. The van der Waals surface area contributed by atoms with Gasteiger partial charge in [0.1, 0.15) is 5.75 Å². The summed E-state index contributed by atoms with van der Waals surface area (Å²) >= 11 is 0. The molecule has 0 radical (unpaired) electrons. The molecule has 2 aliphatic heterocycles. The number of anilines is 1. The number of imide groups is 1. The van der Waals surface area contributed by atoms with Crippen molar-refractivity contribution in [2.24, 2.45) is 11.8 Å². The molecule has 2 fully saturated rings. The van der Waals surface area contributed by atoms with Gasteiger partial charge in [0.05, 0.1) is 29.5 Å². The number of likely N-dealkylation sites (tertiary alicyclic amines) is 1. The third-order valence-electron chi connectivity index (χ3n) is 6.81. The standard InChI is InChI=1S/C24H31N3O6S/c1-33-21-11-10-17(34(31,32)26-13-6-2-3-7-14-26)16-20(21)25-22(28)12-15-27-23(29)18-8-4-5-9-19(18)24(27)30/h4-5,10-11,16,18-19H,2-3,6-9,12-15H2,1H3,(H,25,28)/t18-,19-/m1/s1. The van der Waals surface area contributed by atoms with Gasteiger partial charge in [0, 0.05) is 26.1 Å². The maximum absolute atomic E-state index is 13.2. The van der Waals surface area contributed by atoms with Crippen molar-refractivity contribution in [3.8, 4) is 5.75 Å². The van der Waals surface area contributed by atoms with Crippen LogP contribution in [0.3, 0.4) is 0 Å². The predicted octanol–water partition coefficient (Wildman–Crippen LogP) is 2.54. The molecule has 9 nitrogen and oxygen atoms in total. The molecule has 2 atom stereocenters. The number of rotatable bonds is 7. The fraction of sp³-hybridized carbons (Fsp3) is 0.542. The number of nitrogens with one attached hydrogen (secondary N) is 1. The van der Waals surface area contributed by atoms with Crippen LogP contribution < -0.4 is 10.1 Å². The molecule has 1 N–H and O–H groups in total. The second-order valence-electron chi connectivity index (χ2n) is 8.96. The van der Waals surface area contributed by atoms with Gasteiger partial charge in [-0.05, 0) is 43.9 Å². The van der Waals surface area contributed by atoms with E-state index >= 15 is 0 Å². The summed E-state index contributed by atoms with van der Waals surface area (Å²) in [5.74, 6) is -1.22. The average molecular weight is 490 g/mol. The van der Waals surface area contributed by atoms with Crippen LogP contribution in [0, 0.1) is 11.8 Å². The van der Waals surface area contributed by atoms with Crippen LogP contribution in [0.1, 0.15) is 44.9 Å². The number of nitrogens with zero attached hydrogens (tertiary/aromatic N) is 2. The van der Waals surface area contributed by atoms with Crippen molar-refractivity contribution in [3.63, 3.8) is 0 Å². The van der Waals surface area contributed by atoms with Gasteiger partial charge < -0.3 is 10.1 Å². The molecule has 3 amide bonds. The first kappa shape index (κ1) is 24.4. The van der Waals surface area contributed by atoms with Crippen molar-refractivity contribution in [1.29, 1.82) is 0 Å². The molecule has 1 aromatic carbocycles. The Labute approximate surface area is 200 Å². The Morgan fingerprint density at radius 1 is 1.03 bits per heavy atom. The van der Waals surface area contributed by atoms with Crippen molar-refractivity contribution in [2.45, 2.75) is 49.8 Å². The smallest absolute Gasteiger partial charge is 0.243 e. The molecule has 3 aliphatic rings. The molecule has 2 saturated heterocycles. The van der Waals surface area contributed by atoms with E-state index in [2.05, 4.69) is 5.32 Å². The number of ether oxygens (including phenoxy) is 1. The molecule has 0 saturated carbocycles. The normalized spacial score (nSPS) is 23.5. The zero-order chi connectivity index (χ0) is 24.3. The highest BCUT2D eigenvalue weighted by molar-refractivity contribution is 7.89. The summed E-state index contributed by atoms with van der Waals surface area (Å²) in [7, 11) is -2.26. The largest absolute Gasteiger partial charge is 0.495 e. The van der Waals surface area contributed by atoms with E-state index in [9.17, 15) is 22.8 Å². The minimum absolute atomic E-state index is 0.00934. The maximum Gasteiger partial charge on any atom is 0.243 e. The zero-order valence-electron chi connectivity index (χ0n) is 19.4. The van der Waals surface area contributed by atoms with Gasteiger partial charge >= 0.3 is 0 Å². The molecular weight excluding hydrogens is 458 g/mol. The fourth-order valence-corrected chi connectivity index (χ4v) is 6.44. The monoisotopic (exact) mass is 489 g/mol. The van der Waals surface area contributed by atoms with E-state index in [1.807, 2.05) is 12.2 Å². The number of sulfonamides is 1. The summed E-state index contributed by atoms with van der Waals surface area (Å²) in [6.07, 6.45) is 8.52. The molecule has 0 spiro atoms. The van der Waals surface area contributed by atoms with E-state index in [1.54, 1.807) is 0 Å². The molecule has 10 heteroatoms. The first-order valence-corrected chi connectivity index (χ1v) is 13.2. The lowest BCUT2D eigenvalue weighted by Crippen LogP contribution is -2.34. The Bertz CT molecular complexity index is 1070. The van der Waals surface area contributed by atoms with E-state index in [1.165, 1.54) is 34.5 Å². The van der Waals surface area contributed by atoms with Crippen LogP contribution >= 0.6 is 0 Å². The molecule has 4 rings (SSSR count). The number of methoxy groups -OCH3 is 1. The number of hydrogen-bond donors (Lipinski definition) is 1. The lowest BCUT2D eigenvalue weighted by molar-refractivity contribution is -0.140. The molecule has 1 aliphatic carbocycles. The number of amides is 3. The summed E-state index contributed by atoms with van der Waals surface area (Å²) in [5, 5.41) is 2.70. The third kappa shape index (κ3) is 4.88. The van der Waals surface area contributed by atoms with Gasteiger partial charge in [-0.1, -0.05) is 25.0 Å². The highest BCUT2D eigenvalue weighted by atomic mass is 32.2. The number of hydrogen-bond acceptors (Lipinski definition) is 6. The Kier molecular flexibility index (Phi) is 7.37. The first-order chi connectivity index (χ1) is 16.3. The molecule has 1 aromatic rings. The van der Waals surface area contributed by atoms with E-state index in [0.717, 1.165) is 25.7 Å². The topological polar surface area (TPSA) is 113 Å². The van der Waals surface area contributed by atoms with Crippen LogP contribution in [0.25, 0.3) is 0 Å². The predicted molar refractivity (Wildman–Crippen MR) is 126 cm³/mol. The van der Waals surface area contributed by atoms with Crippen molar-refractivity contribution >= 4 is 33.4 Å². The van der Waals surface area contributed by atoms with E-state index in [-0.39, 0.29) is 47.2 Å². The van der Waals surface area contributed by atoms with Gasteiger partial charge in [0.15, 0.2) is 0 Å². The van der Waals surface area contributed by atoms with Crippen LogP contribution in [-0.4, -0.2) is 62.1 Å². The van der Waals surface area contributed by atoms with Crippen molar-refractivity contribution < 1.29 is 27.5 Å². The Balaban J connectivity index is 1.44. The summed E-state index contributed by atoms with van der Waals surface area (Å²) in [4.78, 5) is 39.2. The Morgan fingerprint density at radius 3 is 2.24 bits per heavy atom. The third-order valence-corrected chi connectivity index (χ3v) is 8.70. The lowest BCUT2D eigenvalue weighted by Gasteiger charge is -2.21. The summed E-state index contributed by atoms with van der Waals surface area (Å²) in [6.45, 7) is 0.946. The van der Waals surface area contributed by atoms with Crippen LogP contribution in [-0.2, 0) is 24.4 Å². The molecule has 0 aromatic heterocycles. The van der Waals surface area contributed by atoms with Gasteiger partial charge in [0.2, 0.25) is 27.7 Å². The minimum atomic E-state index is -3.70. The van der Waals surface area contributed by atoms with Gasteiger partial charge in [-0.15, -0.1) is 0 Å². The summed E-state index contributed by atoms with van der Waals surface area (Å²) in [6, 6.07) is 4.40. The Morgan fingerprint density at radius 2 is 1.65 bits per heavy atom. The zero-order valence-corrected chi connectivity index (χ0v) is 20.2. The Hall–Kier alpha value is -2.72. The van der Waals surface area contributed by atoms with Crippen molar-refractivity contribution in [3.05, 3.63) is 30.4 Å². The van der Waals surface area contributed by atoms with E-state index < -0.39 is 15.9 Å². The van der Waals surface area contributed by atoms with E-state index in [4.69, 9.17) is 4.74 Å². The van der Waals surface area contributed by atoms with Gasteiger partial charge in [-0.25, -0.2) is 8.42 Å². The van der Waals surface area contributed by atoms with Crippen LogP contribution in [0.15, 0.2) is 35.2 Å². The van der Waals surface area contributed by atoms with Crippen LogP contribution in [0.4, 0.5) is 5.69 Å². The minimum Gasteiger partial charge on any atom is -0.495 e. The van der Waals surface area contributed by atoms with Gasteiger partial charge in [0.25, 0.3) is 0 Å². The van der Waals surface area contributed by atoms with Crippen LogP contribution in [0.5, 0.6) is 5.75 Å². The van der Waals surface area contributed by atoms with Gasteiger partial charge in [-0.3, -0.25) is 19.3 Å². The van der Waals surface area contributed by atoms with Crippen molar-refractivity contribution in [2.75, 3.05) is 32.1 Å². The SMILES string of the molecule is COc1ccc(S(=O)(=O)N2CCCCCC2)cc1NC(=O)CCN1C(=O)[C@@H]2CC=CC[C@H]2C1=O. The number of carbonyl (C=O) groups is 3. The second kappa shape index (κ2) is 10.3. The number of fused-ring (bicyclic) bond motifs is 1. The van der Waals surface area contributed by atoms with Crippen molar-refractivity contribution in [1.82, 2.24) is 9.21 Å². The van der Waals surface area contributed by atoms with Gasteiger partial charge in [-0.2, -0.15) is 4.31 Å². The highest BCUT2D eigenvalue weighted by Crippen LogP contribution is 2.35. The van der Waals surface area contributed by atoms with E-state index in [0.29, 0.717) is 31.7 Å². The van der Waals surface area contributed by atoms with Crippen LogP contribution in [0.2, 0.25) is 0 Å². The number of benzene rings is 1. The average Bonchev–Trinajstić information content (AvgIpc) is 3.01. The highest BCUT2D eigenvalue weighted by Gasteiger charge is 2.46. The molecule has 184 valence electrons. The molecular formula is C24H31N3O6S. The maximum atomic E-state index is 13.2. The quantitative estimate of drug-likeness (QED) is 0.465. The number of carbonyl (C=O) groups excluding carboxylic acids is 3. The molecule has 0 bridgehead atoms. The first-order valence-electron chi connectivity index (χ1n) is 11.8. The lowest BCUT2D eigenvalue weighted by atomic mass is 9.85. The number of allylic oxidation sites excluding steroid dienone is 2. The molecule has 34 heavy (non-hydrogen) atoms. The fourth-order valence-electron chi connectivity index (χ4n) is 4.89. The second-order valence-corrected chi connectivity index (χ2v) is 10.9. The summed E-state index contributed by atoms with van der Waals surface area (Å²) in [5.41, 5.74) is 0.236.